The lowest BCUT2D eigenvalue weighted by Gasteiger charge is -2.32. The predicted octanol–water partition coefficient (Wildman–Crippen LogP) is 3.72. The summed E-state index contributed by atoms with van der Waals surface area (Å²) in [6.07, 6.45) is 6.32. The summed E-state index contributed by atoms with van der Waals surface area (Å²) < 4.78 is 27.6. The molecular formula is C23H27N5O3S2. The van der Waals surface area contributed by atoms with Crippen LogP contribution in [0.1, 0.15) is 32.1 Å². The average molecular weight is 486 g/mol. The standard InChI is InChI=1S/C23H27N5O3S2/c29-22(26-23-24-10-14-32-23)18-5-4-11-27(16-18)21-9-6-17-15-19(7-8-20(17)25-21)33(30,31)28-12-2-1-3-13-28/h6-10,14-15,18H,1-5,11-13,16H2,(H,24,26,29). The molecule has 174 valence electrons. The second-order valence-electron chi connectivity index (χ2n) is 8.60. The first-order valence-electron chi connectivity index (χ1n) is 11.4. The van der Waals surface area contributed by atoms with Crippen LogP contribution in [0.3, 0.4) is 0 Å². The van der Waals surface area contributed by atoms with E-state index >= 15 is 0 Å². The van der Waals surface area contributed by atoms with E-state index in [1.165, 1.54) is 11.3 Å². The number of thiazole rings is 1. The monoisotopic (exact) mass is 485 g/mol. The minimum absolute atomic E-state index is 0.0111. The molecule has 33 heavy (non-hydrogen) atoms. The van der Waals surface area contributed by atoms with Crippen LogP contribution in [0.4, 0.5) is 10.9 Å². The highest BCUT2D eigenvalue weighted by Crippen LogP contribution is 2.28. The van der Waals surface area contributed by atoms with Crippen molar-refractivity contribution in [1.82, 2.24) is 14.3 Å². The lowest BCUT2D eigenvalue weighted by Crippen LogP contribution is -2.41. The molecule has 2 saturated heterocycles. The molecule has 1 aromatic carbocycles. The Morgan fingerprint density at radius 1 is 1.06 bits per heavy atom. The van der Waals surface area contributed by atoms with Crippen molar-refractivity contribution in [1.29, 1.82) is 0 Å². The zero-order valence-electron chi connectivity index (χ0n) is 18.3. The molecule has 2 aliphatic rings. The summed E-state index contributed by atoms with van der Waals surface area (Å²) in [6.45, 7) is 2.60. The maximum Gasteiger partial charge on any atom is 0.243 e. The molecule has 1 unspecified atom stereocenters. The Bertz CT molecular complexity index is 1240. The van der Waals surface area contributed by atoms with Crippen molar-refractivity contribution in [2.24, 2.45) is 5.92 Å². The van der Waals surface area contributed by atoms with E-state index in [2.05, 4.69) is 15.2 Å². The quantitative estimate of drug-likeness (QED) is 0.592. The highest BCUT2D eigenvalue weighted by Gasteiger charge is 2.28. The topological polar surface area (TPSA) is 95.5 Å². The molecule has 0 aliphatic carbocycles. The number of fused-ring (bicyclic) bond motifs is 1. The summed E-state index contributed by atoms with van der Waals surface area (Å²) in [5.74, 6) is 0.668. The van der Waals surface area contributed by atoms with E-state index in [1.54, 1.807) is 28.7 Å². The first-order chi connectivity index (χ1) is 16.0. The van der Waals surface area contributed by atoms with Crippen molar-refractivity contribution in [3.05, 3.63) is 41.9 Å². The number of aromatic nitrogens is 2. The number of carbonyl (C=O) groups is 1. The van der Waals surface area contributed by atoms with E-state index in [4.69, 9.17) is 4.98 Å². The first-order valence-corrected chi connectivity index (χ1v) is 13.7. The van der Waals surface area contributed by atoms with E-state index in [-0.39, 0.29) is 11.8 Å². The minimum atomic E-state index is -3.48. The molecule has 0 radical (unpaired) electrons. The van der Waals surface area contributed by atoms with Gasteiger partial charge in [0.05, 0.1) is 16.3 Å². The zero-order chi connectivity index (χ0) is 22.8. The number of sulfonamides is 1. The fraction of sp³-hybridized carbons (Fsp3) is 0.435. The van der Waals surface area contributed by atoms with Crippen molar-refractivity contribution in [3.8, 4) is 0 Å². The van der Waals surface area contributed by atoms with Crippen LogP contribution in [0.25, 0.3) is 10.9 Å². The highest BCUT2D eigenvalue weighted by molar-refractivity contribution is 7.89. The van der Waals surface area contributed by atoms with E-state index in [9.17, 15) is 13.2 Å². The molecule has 1 N–H and O–H groups in total. The van der Waals surface area contributed by atoms with Gasteiger partial charge in [0.25, 0.3) is 0 Å². The minimum Gasteiger partial charge on any atom is -0.356 e. The van der Waals surface area contributed by atoms with Crippen LogP contribution < -0.4 is 10.2 Å². The summed E-state index contributed by atoms with van der Waals surface area (Å²) in [5.41, 5.74) is 0.749. The third kappa shape index (κ3) is 4.73. The van der Waals surface area contributed by atoms with Gasteiger partial charge in [0, 0.05) is 43.1 Å². The molecule has 5 rings (SSSR count). The number of hydrogen-bond acceptors (Lipinski definition) is 7. The molecule has 10 heteroatoms. The summed E-state index contributed by atoms with van der Waals surface area (Å²) >= 11 is 1.41. The summed E-state index contributed by atoms with van der Waals surface area (Å²) in [5, 5.41) is 6.16. The SMILES string of the molecule is O=C(Nc1nccs1)C1CCCN(c2ccc3cc(S(=O)(=O)N4CCCCC4)ccc3n2)C1. The summed E-state index contributed by atoms with van der Waals surface area (Å²) in [7, 11) is -3.48. The Morgan fingerprint density at radius 3 is 2.70 bits per heavy atom. The highest BCUT2D eigenvalue weighted by atomic mass is 32.2. The molecule has 0 bridgehead atoms. The molecule has 1 atom stereocenters. The van der Waals surface area contributed by atoms with Gasteiger partial charge < -0.3 is 10.2 Å². The fourth-order valence-corrected chi connectivity index (χ4v) is 6.66. The van der Waals surface area contributed by atoms with Gasteiger partial charge in [0.1, 0.15) is 5.82 Å². The van der Waals surface area contributed by atoms with Crippen LogP contribution in [0.15, 0.2) is 46.8 Å². The third-order valence-electron chi connectivity index (χ3n) is 6.38. The first kappa shape index (κ1) is 22.2. The normalized spacial score (nSPS) is 20.1. The Hall–Kier alpha value is -2.56. The molecular weight excluding hydrogens is 458 g/mol. The van der Waals surface area contributed by atoms with Crippen molar-refractivity contribution in [2.45, 2.75) is 37.0 Å². The zero-order valence-corrected chi connectivity index (χ0v) is 19.9. The Balaban J connectivity index is 1.33. The Labute approximate surface area is 197 Å². The number of carbonyl (C=O) groups excluding carboxylic acids is 1. The van der Waals surface area contributed by atoms with Gasteiger partial charge in [-0.1, -0.05) is 6.42 Å². The maximum absolute atomic E-state index is 13.0. The van der Waals surface area contributed by atoms with E-state index < -0.39 is 10.0 Å². The number of amides is 1. The van der Waals surface area contributed by atoms with Crippen LogP contribution in [0, 0.1) is 5.92 Å². The molecule has 0 saturated carbocycles. The van der Waals surface area contributed by atoms with Crippen molar-refractivity contribution < 1.29 is 13.2 Å². The average Bonchev–Trinajstić information content (AvgIpc) is 3.37. The number of benzene rings is 1. The van der Waals surface area contributed by atoms with E-state index in [0.29, 0.717) is 29.7 Å². The third-order valence-corrected chi connectivity index (χ3v) is 8.96. The van der Waals surface area contributed by atoms with Crippen LogP contribution in [0.5, 0.6) is 0 Å². The van der Waals surface area contributed by atoms with E-state index in [0.717, 1.165) is 55.4 Å². The predicted molar refractivity (Wildman–Crippen MR) is 130 cm³/mol. The Morgan fingerprint density at radius 2 is 1.91 bits per heavy atom. The Kier molecular flexibility index (Phi) is 6.31. The lowest BCUT2D eigenvalue weighted by molar-refractivity contribution is -0.120. The molecule has 2 aliphatic heterocycles. The summed E-state index contributed by atoms with van der Waals surface area (Å²) in [6, 6.07) is 9.00. The van der Waals surface area contributed by atoms with Crippen LogP contribution in [0.2, 0.25) is 0 Å². The number of piperidine rings is 2. The van der Waals surface area contributed by atoms with E-state index in [1.807, 2.05) is 17.5 Å². The number of anilines is 2. The van der Waals surface area contributed by atoms with Gasteiger partial charge in [0.2, 0.25) is 15.9 Å². The van der Waals surface area contributed by atoms with Crippen LogP contribution in [-0.2, 0) is 14.8 Å². The second-order valence-corrected chi connectivity index (χ2v) is 11.4. The molecule has 2 fully saturated rings. The molecule has 1 amide bonds. The van der Waals surface area contributed by atoms with Crippen molar-refractivity contribution in [3.63, 3.8) is 0 Å². The number of nitrogens with zero attached hydrogens (tertiary/aromatic N) is 4. The van der Waals surface area contributed by atoms with Gasteiger partial charge >= 0.3 is 0 Å². The van der Waals surface area contributed by atoms with Crippen LogP contribution in [-0.4, -0.2) is 54.8 Å². The number of hydrogen-bond donors (Lipinski definition) is 1. The van der Waals surface area contributed by atoms with Gasteiger partial charge in [-0.3, -0.25) is 4.79 Å². The van der Waals surface area contributed by atoms with Gasteiger partial charge in [0.15, 0.2) is 5.13 Å². The maximum atomic E-state index is 13.0. The van der Waals surface area contributed by atoms with Crippen LogP contribution >= 0.6 is 11.3 Å². The van der Waals surface area contributed by atoms with Gasteiger partial charge in [-0.15, -0.1) is 11.3 Å². The molecule has 3 aromatic rings. The largest absolute Gasteiger partial charge is 0.356 e. The number of nitrogens with one attached hydrogen (secondary N) is 1. The molecule has 2 aromatic heterocycles. The summed E-state index contributed by atoms with van der Waals surface area (Å²) in [4.78, 5) is 24.0. The number of rotatable bonds is 5. The molecule has 4 heterocycles. The second kappa shape index (κ2) is 9.36. The molecule has 8 nitrogen and oxygen atoms in total. The number of pyridine rings is 1. The smallest absolute Gasteiger partial charge is 0.243 e. The van der Waals surface area contributed by atoms with Crippen molar-refractivity contribution in [2.75, 3.05) is 36.4 Å². The van der Waals surface area contributed by atoms with Gasteiger partial charge in [-0.2, -0.15) is 4.31 Å². The van der Waals surface area contributed by atoms with Gasteiger partial charge in [-0.25, -0.2) is 18.4 Å². The van der Waals surface area contributed by atoms with Gasteiger partial charge in [-0.05, 0) is 56.0 Å². The lowest BCUT2D eigenvalue weighted by atomic mass is 9.97. The fourth-order valence-electron chi connectivity index (χ4n) is 4.58. The van der Waals surface area contributed by atoms with Crippen molar-refractivity contribution >= 4 is 49.1 Å². The molecule has 0 spiro atoms.